The lowest BCUT2D eigenvalue weighted by molar-refractivity contribution is -0.137. The fourth-order valence-corrected chi connectivity index (χ4v) is 3.40. The smallest absolute Gasteiger partial charge is 0.303 e. The first-order valence-electron chi connectivity index (χ1n) is 8.85. The fourth-order valence-electron chi connectivity index (χ4n) is 3.40. The van der Waals surface area contributed by atoms with Crippen molar-refractivity contribution in [1.82, 2.24) is 14.8 Å². The molecule has 0 spiro atoms. The van der Waals surface area contributed by atoms with Crippen molar-refractivity contribution in [2.75, 3.05) is 26.2 Å². The highest BCUT2D eigenvalue weighted by Gasteiger charge is 2.27. The molecule has 0 radical (unpaired) electrons. The predicted octanol–water partition coefficient (Wildman–Crippen LogP) is 2.45. The zero-order valence-electron chi connectivity index (χ0n) is 14.6. The number of carbonyl (C=O) groups is 2. The molecule has 1 aromatic heterocycles. The van der Waals surface area contributed by atoms with Gasteiger partial charge in [0.15, 0.2) is 0 Å². The van der Waals surface area contributed by atoms with Gasteiger partial charge in [-0.1, -0.05) is 30.3 Å². The number of rotatable bonds is 6. The zero-order valence-corrected chi connectivity index (χ0v) is 14.6. The Morgan fingerprint density at radius 3 is 2.38 bits per heavy atom. The summed E-state index contributed by atoms with van der Waals surface area (Å²) >= 11 is 0. The van der Waals surface area contributed by atoms with Crippen molar-refractivity contribution in [2.45, 2.75) is 18.9 Å². The third kappa shape index (κ3) is 4.46. The first-order chi connectivity index (χ1) is 12.6. The molecule has 136 valence electrons. The summed E-state index contributed by atoms with van der Waals surface area (Å²) in [6, 6.07) is 13.6. The predicted molar refractivity (Wildman–Crippen MR) is 97.8 cm³/mol. The van der Waals surface area contributed by atoms with E-state index in [1.165, 1.54) is 0 Å². The Kier molecular flexibility index (Phi) is 5.96. The van der Waals surface area contributed by atoms with E-state index < -0.39 is 5.97 Å². The quantitative estimate of drug-likeness (QED) is 0.863. The van der Waals surface area contributed by atoms with Gasteiger partial charge in [0.05, 0.1) is 5.56 Å². The van der Waals surface area contributed by atoms with Crippen LogP contribution in [-0.2, 0) is 4.79 Å². The third-order valence-corrected chi connectivity index (χ3v) is 4.77. The second-order valence-electron chi connectivity index (χ2n) is 6.43. The van der Waals surface area contributed by atoms with Crippen LogP contribution in [0.2, 0.25) is 0 Å². The van der Waals surface area contributed by atoms with E-state index in [-0.39, 0.29) is 18.4 Å². The standard InChI is InChI=1S/C20H23N3O3/c24-19(25)9-8-18(16-5-2-1-3-6-16)22-11-13-23(14-12-22)20(26)17-7-4-10-21-15-17/h1-7,10,15,18H,8-9,11-14H2,(H,24,25)/t18-/m0/s1. The Labute approximate surface area is 153 Å². The minimum atomic E-state index is -0.781. The molecule has 0 saturated carbocycles. The van der Waals surface area contributed by atoms with Crippen LogP contribution in [0.5, 0.6) is 0 Å². The topological polar surface area (TPSA) is 73.7 Å². The van der Waals surface area contributed by atoms with Crippen molar-refractivity contribution in [3.8, 4) is 0 Å². The molecule has 1 saturated heterocycles. The van der Waals surface area contributed by atoms with Gasteiger partial charge in [-0.25, -0.2) is 0 Å². The van der Waals surface area contributed by atoms with Gasteiger partial charge < -0.3 is 10.0 Å². The zero-order chi connectivity index (χ0) is 18.4. The van der Waals surface area contributed by atoms with Crippen molar-refractivity contribution >= 4 is 11.9 Å². The highest BCUT2D eigenvalue weighted by Crippen LogP contribution is 2.27. The summed E-state index contributed by atoms with van der Waals surface area (Å²) in [5, 5.41) is 9.07. The van der Waals surface area contributed by atoms with Gasteiger partial charge in [-0.15, -0.1) is 0 Å². The highest BCUT2D eigenvalue weighted by molar-refractivity contribution is 5.93. The molecule has 0 aliphatic carbocycles. The maximum atomic E-state index is 12.6. The molecule has 0 bridgehead atoms. The Hall–Kier alpha value is -2.73. The van der Waals surface area contributed by atoms with Crippen molar-refractivity contribution in [2.24, 2.45) is 0 Å². The van der Waals surface area contributed by atoms with Crippen LogP contribution in [-0.4, -0.2) is 57.9 Å². The summed E-state index contributed by atoms with van der Waals surface area (Å²) in [4.78, 5) is 31.7. The van der Waals surface area contributed by atoms with Gasteiger partial charge in [-0.2, -0.15) is 0 Å². The molecule has 3 rings (SSSR count). The van der Waals surface area contributed by atoms with Crippen molar-refractivity contribution in [3.63, 3.8) is 0 Å². The number of piperazine rings is 1. The van der Waals surface area contributed by atoms with Crippen LogP contribution in [0.25, 0.3) is 0 Å². The normalized spacial score (nSPS) is 16.2. The number of carboxylic acid groups (broad SMARTS) is 1. The van der Waals surface area contributed by atoms with E-state index in [1.54, 1.807) is 24.5 Å². The summed E-state index contributed by atoms with van der Waals surface area (Å²) < 4.78 is 0. The minimum Gasteiger partial charge on any atom is -0.481 e. The van der Waals surface area contributed by atoms with Crippen LogP contribution < -0.4 is 0 Å². The number of amides is 1. The number of aliphatic carboxylic acids is 1. The lowest BCUT2D eigenvalue weighted by atomic mass is 9.99. The average molecular weight is 353 g/mol. The van der Waals surface area contributed by atoms with E-state index in [0.717, 1.165) is 18.7 Å². The number of nitrogens with zero attached hydrogens (tertiary/aromatic N) is 3. The van der Waals surface area contributed by atoms with Crippen molar-refractivity contribution < 1.29 is 14.7 Å². The third-order valence-electron chi connectivity index (χ3n) is 4.77. The SMILES string of the molecule is O=C(O)CC[C@@H](c1ccccc1)N1CCN(C(=O)c2cccnc2)CC1. The largest absolute Gasteiger partial charge is 0.481 e. The first kappa shape index (κ1) is 18.1. The molecule has 1 aromatic carbocycles. The minimum absolute atomic E-state index is 0.000419. The van der Waals surface area contributed by atoms with Crippen LogP contribution >= 0.6 is 0 Å². The highest BCUT2D eigenvalue weighted by atomic mass is 16.4. The lowest BCUT2D eigenvalue weighted by Gasteiger charge is -2.39. The van der Waals surface area contributed by atoms with E-state index >= 15 is 0 Å². The molecule has 26 heavy (non-hydrogen) atoms. The molecule has 1 fully saturated rings. The lowest BCUT2D eigenvalue weighted by Crippen LogP contribution is -2.49. The second-order valence-corrected chi connectivity index (χ2v) is 6.43. The van der Waals surface area contributed by atoms with E-state index in [2.05, 4.69) is 9.88 Å². The number of carboxylic acids is 1. The van der Waals surface area contributed by atoms with E-state index in [4.69, 9.17) is 5.11 Å². The van der Waals surface area contributed by atoms with Gasteiger partial charge in [0.2, 0.25) is 0 Å². The number of aromatic nitrogens is 1. The average Bonchev–Trinajstić information content (AvgIpc) is 2.69. The number of pyridine rings is 1. The molecule has 1 N–H and O–H groups in total. The molecule has 1 atom stereocenters. The molecule has 2 heterocycles. The van der Waals surface area contributed by atoms with Crippen LogP contribution in [0.15, 0.2) is 54.9 Å². The van der Waals surface area contributed by atoms with Gasteiger partial charge in [0.1, 0.15) is 0 Å². The summed E-state index contributed by atoms with van der Waals surface area (Å²) in [5.74, 6) is -0.782. The summed E-state index contributed by atoms with van der Waals surface area (Å²) in [6.07, 6.45) is 3.94. The molecule has 6 nitrogen and oxygen atoms in total. The molecule has 1 aliphatic rings. The molecular formula is C20H23N3O3. The Bertz CT molecular complexity index is 728. The van der Waals surface area contributed by atoms with Crippen LogP contribution in [0.3, 0.4) is 0 Å². The Balaban J connectivity index is 1.65. The van der Waals surface area contributed by atoms with Gasteiger partial charge >= 0.3 is 5.97 Å². The van der Waals surface area contributed by atoms with Gasteiger partial charge in [-0.05, 0) is 24.1 Å². The second kappa shape index (κ2) is 8.58. The monoisotopic (exact) mass is 353 g/mol. The molecule has 2 aromatic rings. The van der Waals surface area contributed by atoms with Gasteiger partial charge in [0.25, 0.3) is 5.91 Å². The summed E-state index contributed by atoms with van der Waals surface area (Å²) in [6.45, 7) is 2.71. The molecule has 1 amide bonds. The maximum absolute atomic E-state index is 12.6. The first-order valence-corrected chi connectivity index (χ1v) is 8.85. The van der Waals surface area contributed by atoms with Crippen molar-refractivity contribution in [1.29, 1.82) is 0 Å². The fraction of sp³-hybridized carbons (Fsp3) is 0.350. The van der Waals surface area contributed by atoms with E-state index in [0.29, 0.717) is 25.1 Å². The van der Waals surface area contributed by atoms with E-state index in [9.17, 15) is 9.59 Å². The van der Waals surface area contributed by atoms with Crippen LogP contribution in [0.4, 0.5) is 0 Å². The number of hydrogen-bond acceptors (Lipinski definition) is 4. The molecule has 0 unspecified atom stereocenters. The molecule has 6 heteroatoms. The summed E-state index contributed by atoms with van der Waals surface area (Å²) in [7, 11) is 0. The molecular weight excluding hydrogens is 330 g/mol. The van der Waals surface area contributed by atoms with E-state index in [1.807, 2.05) is 35.2 Å². The summed E-state index contributed by atoms with van der Waals surface area (Å²) in [5.41, 5.74) is 1.73. The van der Waals surface area contributed by atoms with Gasteiger partial charge in [-0.3, -0.25) is 19.5 Å². The van der Waals surface area contributed by atoms with Gasteiger partial charge in [0, 0.05) is 51.0 Å². The number of carbonyl (C=O) groups excluding carboxylic acids is 1. The van der Waals surface area contributed by atoms with Crippen molar-refractivity contribution in [3.05, 3.63) is 66.0 Å². The number of benzene rings is 1. The Morgan fingerprint density at radius 1 is 1.04 bits per heavy atom. The van der Waals surface area contributed by atoms with Crippen LogP contribution in [0.1, 0.15) is 34.8 Å². The Morgan fingerprint density at radius 2 is 1.77 bits per heavy atom. The number of hydrogen-bond donors (Lipinski definition) is 1. The maximum Gasteiger partial charge on any atom is 0.303 e. The molecule has 1 aliphatic heterocycles. The van der Waals surface area contributed by atoms with Crippen LogP contribution in [0, 0.1) is 0 Å².